The first-order valence-corrected chi connectivity index (χ1v) is 11.1. The molecule has 0 unspecified atom stereocenters. The van der Waals surface area contributed by atoms with Gasteiger partial charge in [0, 0.05) is 0 Å². The number of hydrogen-bond donors (Lipinski definition) is 2. The number of carboxylic acid groups (broad SMARTS) is 2. The van der Waals surface area contributed by atoms with Crippen molar-refractivity contribution in [3.63, 3.8) is 0 Å². The van der Waals surface area contributed by atoms with Gasteiger partial charge < -0.3 is 14.3 Å². The minimum absolute atomic E-state index is 0.144. The third-order valence-corrected chi connectivity index (χ3v) is 8.00. The lowest BCUT2D eigenvalue weighted by Crippen LogP contribution is -2.50. The summed E-state index contributed by atoms with van der Waals surface area (Å²) in [5, 5.41) is 18.9. The lowest BCUT2D eigenvalue weighted by molar-refractivity contribution is 0.0652. The third-order valence-electron chi connectivity index (χ3n) is 2.62. The summed E-state index contributed by atoms with van der Waals surface area (Å²) in [6.07, 6.45) is 0. The Labute approximate surface area is 114 Å². The Hall–Kier alpha value is -1.45. The Morgan fingerprint density at radius 1 is 1.16 bits per heavy atom. The second kappa shape index (κ2) is 5.68. The van der Waals surface area contributed by atoms with Crippen LogP contribution in [0.4, 0.5) is 0 Å². The summed E-state index contributed by atoms with van der Waals surface area (Å²) in [5.74, 6) is -2.46. The van der Waals surface area contributed by atoms with Crippen LogP contribution < -0.4 is 5.19 Å². The Kier molecular flexibility index (Phi) is 4.67. The van der Waals surface area contributed by atoms with Crippen LogP contribution in [0.15, 0.2) is 18.2 Å². The van der Waals surface area contributed by atoms with Gasteiger partial charge in [-0.2, -0.15) is 0 Å². The minimum Gasteiger partial charge on any atom is -0.478 e. The summed E-state index contributed by atoms with van der Waals surface area (Å²) in [7, 11) is -3.42. The quantitative estimate of drug-likeness (QED) is 0.809. The molecule has 0 heterocycles. The molecule has 0 bridgehead atoms. The van der Waals surface area contributed by atoms with E-state index >= 15 is 0 Å². The average molecular weight is 297 g/mol. The standard InChI is InChI=1S/C12H17O5Si2/c1-18(2)17-19(3,4)9-7-5-6-8(11(13)14)10(9)12(15)16/h5-7H,1-4H3,(H,13,14)(H,15,16). The van der Waals surface area contributed by atoms with Gasteiger partial charge in [0.2, 0.25) is 8.32 Å². The van der Waals surface area contributed by atoms with Crippen LogP contribution in [0.1, 0.15) is 20.7 Å². The van der Waals surface area contributed by atoms with Crippen molar-refractivity contribution in [1.82, 2.24) is 0 Å². The van der Waals surface area contributed by atoms with E-state index in [0.717, 1.165) is 0 Å². The highest BCUT2D eigenvalue weighted by Gasteiger charge is 2.33. The van der Waals surface area contributed by atoms with E-state index in [1.165, 1.54) is 6.07 Å². The molecule has 0 saturated heterocycles. The molecule has 0 amide bonds. The number of carbonyl (C=O) groups is 2. The van der Waals surface area contributed by atoms with Crippen molar-refractivity contribution in [2.24, 2.45) is 0 Å². The largest absolute Gasteiger partial charge is 0.478 e. The molecule has 0 saturated carbocycles. The number of aromatic carboxylic acids is 2. The molecular formula is C12H17O5Si2. The fourth-order valence-electron chi connectivity index (χ4n) is 2.03. The van der Waals surface area contributed by atoms with Gasteiger partial charge in [-0.25, -0.2) is 9.59 Å². The van der Waals surface area contributed by atoms with Crippen LogP contribution in [0.5, 0.6) is 0 Å². The molecule has 0 atom stereocenters. The molecule has 1 radical (unpaired) electrons. The van der Waals surface area contributed by atoms with Crippen molar-refractivity contribution in [2.45, 2.75) is 26.2 Å². The smallest absolute Gasteiger partial charge is 0.336 e. The molecule has 1 aromatic carbocycles. The minimum atomic E-state index is -2.43. The van der Waals surface area contributed by atoms with Crippen molar-refractivity contribution in [3.8, 4) is 0 Å². The fraction of sp³-hybridized carbons (Fsp3) is 0.333. The van der Waals surface area contributed by atoms with Crippen LogP contribution in [-0.4, -0.2) is 39.5 Å². The van der Waals surface area contributed by atoms with Crippen molar-refractivity contribution in [3.05, 3.63) is 29.3 Å². The Balaban J connectivity index is 3.47. The summed E-state index contributed by atoms with van der Waals surface area (Å²) >= 11 is 0. The highest BCUT2D eigenvalue weighted by Crippen LogP contribution is 2.15. The maximum atomic E-state index is 11.4. The molecular weight excluding hydrogens is 280 g/mol. The first-order valence-electron chi connectivity index (χ1n) is 5.76. The summed E-state index contributed by atoms with van der Waals surface area (Å²) < 4.78 is 5.93. The maximum absolute atomic E-state index is 11.4. The van der Waals surface area contributed by atoms with Crippen LogP contribution in [0.3, 0.4) is 0 Å². The lowest BCUT2D eigenvalue weighted by atomic mass is 10.1. The number of benzene rings is 1. The van der Waals surface area contributed by atoms with Gasteiger partial charge in [0.25, 0.3) is 0 Å². The zero-order valence-electron chi connectivity index (χ0n) is 11.4. The summed E-state index contributed by atoms with van der Waals surface area (Å²) in [4.78, 5) is 22.5. The molecule has 0 spiro atoms. The fourth-order valence-corrected chi connectivity index (χ4v) is 7.89. The maximum Gasteiger partial charge on any atom is 0.336 e. The van der Waals surface area contributed by atoms with Gasteiger partial charge in [-0.05, 0) is 37.4 Å². The average Bonchev–Trinajstić information content (AvgIpc) is 2.25. The molecule has 19 heavy (non-hydrogen) atoms. The van der Waals surface area contributed by atoms with Gasteiger partial charge in [-0.3, -0.25) is 0 Å². The van der Waals surface area contributed by atoms with Gasteiger partial charge in [-0.1, -0.05) is 12.1 Å². The van der Waals surface area contributed by atoms with Crippen molar-refractivity contribution in [1.29, 1.82) is 0 Å². The van der Waals surface area contributed by atoms with E-state index in [2.05, 4.69) is 0 Å². The Bertz CT molecular complexity index is 511. The normalized spacial score (nSPS) is 11.6. The molecule has 5 nitrogen and oxygen atoms in total. The van der Waals surface area contributed by atoms with E-state index in [9.17, 15) is 14.7 Å². The van der Waals surface area contributed by atoms with E-state index in [1.807, 2.05) is 26.2 Å². The van der Waals surface area contributed by atoms with Crippen LogP contribution in [0.2, 0.25) is 26.2 Å². The molecule has 0 aliphatic heterocycles. The lowest BCUT2D eigenvalue weighted by Gasteiger charge is -2.27. The highest BCUT2D eigenvalue weighted by molar-refractivity contribution is 6.89. The van der Waals surface area contributed by atoms with E-state index < -0.39 is 29.3 Å². The first kappa shape index (κ1) is 15.6. The van der Waals surface area contributed by atoms with E-state index in [4.69, 9.17) is 9.22 Å². The predicted molar refractivity (Wildman–Crippen MR) is 76.0 cm³/mol. The topological polar surface area (TPSA) is 83.8 Å². The highest BCUT2D eigenvalue weighted by atomic mass is 28.4. The molecule has 0 aliphatic carbocycles. The molecule has 0 aromatic heterocycles. The van der Waals surface area contributed by atoms with Crippen LogP contribution >= 0.6 is 0 Å². The van der Waals surface area contributed by atoms with E-state index in [1.54, 1.807) is 12.1 Å². The monoisotopic (exact) mass is 297 g/mol. The Morgan fingerprint density at radius 3 is 2.16 bits per heavy atom. The van der Waals surface area contributed by atoms with Crippen LogP contribution in [0.25, 0.3) is 0 Å². The number of hydrogen-bond acceptors (Lipinski definition) is 3. The van der Waals surface area contributed by atoms with E-state index in [0.29, 0.717) is 5.19 Å². The van der Waals surface area contributed by atoms with Gasteiger partial charge >= 0.3 is 11.9 Å². The molecule has 103 valence electrons. The zero-order chi connectivity index (χ0) is 14.8. The number of rotatable bonds is 5. The summed E-state index contributed by atoms with van der Waals surface area (Å²) in [6, 6.07) is 4.54. The number of carboxylic acids is 2. The molecule has 2 N–H and O–H groups in total. The molecule has 1 aromatic rings. The van der Waals surface area contributed by atoms with Crippen LogP contribution in [0, 0.1) is 0 Å². The van der Waals surface area contributed by atoms with Gasteiger partial charge in [0.1, 0.15) is 0 Å². The molecule has 0 fully saturated rings. The molecule has 0 aliphatic rings. The Morgan fingerprint density at radius 2 is 1.74 bits per heavy atom. The van der Waals surface area contributed by atoms with Crippen LogP contribution in [-0.2, 0) is 4.12 Å². The second-order valence-electron chi connectivity index (χ2n) is 4.86. The van der Waals surface area contributed by atoms with Crippen molar-refractivity contribution >= 4 is 34.5 Å². The third kappa shape index (κ3) is 3.52. The van der Waals surface area contributed by atoms with Crippen molar-refractivity contribution in [2.75, 3.05) is 0 Å². The van der Waals surface area contributed by atoms with E-state index in [-0.39, 0.29) is 11.1 Å². The van der Waals surface area contributed by atoms with Gasteiger partial charge in [0.15, 0.2) is 9.04 Å². The predicted octanol–water partition coefficient (Wildman–Crippen LogP) is 1.76. The first-order chi connectivity index (χ1) is 8.66. The zero-order valence-corrected chi connectivity index (χ0v) is 13.4. The SMILES string of the molecule is C[Si](C)O[Si](C)(C)c1cccc(C(=O)O)c1C(=O)O. The molecule has 1 rings (SSSR count). The van der Waals surface area contributed by atoms with Gasteiger partial charge in [-0.15, -0.1) is 0 Å². The molecule has 7 heteroatoms. The second-order valence-corrected chi connectivity index (χ2v) is 11.1. The summed E-state index contributed by atoms with van der Waals surface area (Å²) in [6.45, 7) is 7.72. The van der Waals surface area contributed by atoms with Gasteiger partial charge in [0.05, 0.1) is 11.1 Å². The van der Waals surface area contributed by atoms with Crippen molar-refractivity contribution < 1.29 is 23.9 Å². The summed E-state index contributed by atoms with van der Waals surface area (Å²) in [5.41, 5.74) is -0.329.